The minimum atomic E-state index is -0.819. The second kappa shape index (κ2) is 6.05. The van der Waals surface area contributed by atoms with Gasteiger partial charge in [-0.3, -0.25) is 4.79 Å². The van der Waals surface area contributed by atoms with Crippen LogP contribution in [0.4, 0.5) is 0 Å². The van der Waals surface area contributed by atoms with E-state index in [1.165, 1.54) is 31.0 Å². The van der Waals surface area contributed by atoms with Crippen LogP contribution in [0.5, 0.6) is 0 Å². The van der Waals surface area contributed by atoms with Gasteiger partial charge in [-0.25, -0.2) is 9.97 Å². The number of aryl methyl sites for hydroxylation is 2. The minimum Gasteiger partial charge on any atom is -0.481 e. The van der Waals surface area contributed by atoms with Crippen LogP contribution in [-0.2, 0) is 11.3 Å². The van der Waals surface area contributed by atoms with E-state index in [0.717, 1.165) is 40.9 Å². The molecule has 3 rings (SSSR count). The second-order valence-corrected chi connectivity index (χ2v) is 6.55. The molecule has 0 saturated heterocycles. The third kappa shape index (κ3) is 3.56. The van der Waals surface area contributed by atoms with Gasteiger partial charge >= 0.3 is 5.97 Å². The predicted octanol–water partition coefficient (Wildman–Crippen LogP) is 3.11. The maximum Gasteiger partial charge on any atom is 0.313 e. The summed E-state index contributed by atoms with van der Waals surface area (Å²) in [6.45, 7) is 2.83. The molecule has 1 saturated carbocycles. The normalized spacial score (nSPS) is 14.7. The van der Waals surface area contributed by atoms with Gasteiger partial charge in [-0.05, 0) is 37.8 Å². The highest BCUT2D eigenvalue weighted by atomic mass is 32.2. The number of aliphatic carboxylic acids is 1. The van der Waals surface area contributed by atoms with Crippen LogP contribution in [0.15, 0.2) is 17.3 Å². The maximum absolute atomic E-state index is 10.8. The van der Waals surface area contributed by atoms with E-state index >= 15 is 0 Å². The monoisotopic (exact) mass is 305 g/mol. The zero-order valence-electron chi connectivity index (χ0n) is 12.1. The van der Waals surface area contributed by atoms with Crippen molar-refractivity contribution in [1.82, 2.24) is 14.5 Å². The Morgan fingerprint density at radius 2 is 2.24 bits per heavy atom. The lowest BCUT2D eigenvalue weighted by Crippen LogP contribution is -2.04. The second-order valence-electron chi connectivity index (χ2n) is 5.61. The molecule has 6 heteroatoms. The number of imidazole rings is 1. The Morgan fingerprint density at radius 1 is 1.43 bits per heavy atom. The number of hydrogen-bond acceptors (Lipinski definition) is 4. The number of thioether (sulfide) groups is 1. The number of carboxylic acid groups (broad SMARTS) is 1. The van der Waals surface area contributed by atoms with Gasteiger partial charge < -0.3 is 9.67 Å². The third-order valence-electron chi connectivity index (χ3n) is 3.71. The first-order valence-corrected chi connectivity index (χ1v) is 8.30. The summed E-state index contributed by atoms with van der Waals surface area (Å²) in [5, 5.41) is 9.63. The van der Waals surface area contributed by atoms with Crippen LogP contribution in [0, 0.1) is 12.8 Å². The Labute approximate surface area is 127 Å². The average Bonchev–Trinajstić information content (AvgIpc) is 3.20. The van der Waals surface area contributed by atoms with Crippen LogP contribution in [0.25, 0.3) is 11.2 Å². The van der Waals surface area contributed by atoms with Crippen molar-refractivity contribution in [3.8, 4) is 0 Å². The van der Waals surface area contributed by atoms with E-state index in [4.69, 9.17) is 5.11 Å². The quantitative estimate of drug-likeness (QED) is 0.796. The van der Waals surface area contributed by atoms with Crippen molar-refractivity contribution in [3.63, 3.8) is 0 Å². The van der Waals surface area contributed by atoms with Crippen molar-refractivity contribution in [2.45, 2.75) is 44.3 Å². The molecule has 1 aliphatic rings. The minimum absolute atomic E-state index is 0.0327. The summed E-state index contributed by atoms with van der Waals surface area (Å²) in [7, 11) is 0. The first-order valence-electron chi connectivity index (χ1n) is 7.32. The number of rotatable bonds is 7. The molecular weight excluding hydrogens is 286 g/mol. The number of nitrogens with zero attached hydrogens (tertiary/aromatic N) is 3. The lowest BCUT2D eigenvalue weighted by atomic mass is 10.2. The van der Waals surface area contributed by atoms with E-state index in [-0.39, 0.29) is 5.75 Å². The third-order valence-corrected chi connectivity index (χ3v) is 4.67. The van der Waals surface area contributed by atoms with Crippen molar-refractivity contribution in [2.24, 2.45) is 5.92 Å². The number of carboxylic acids is 1. The molecule has 2 aromatic heterocycles. The van der Waals surface area contributed by atoms with Gasteiger partial charge in [-0.1, -0.05) is 24.6 Å². The van der Waals surface area contributed by atoms with E-state index in [9.17, 15) is 4.79 Å². The van der Waals surface area contributed by atoms with Crippen LogP contribution in [0.1, 0.15) is 31.4 Å². The van der Waals surface area contributed by atoms with Crippen molar-refractivity contribution < 1.29 is 9.90 Å². The smallest absolute Gasteiger partial charge is 0.313 e. The Balaban J connectivity index is 1.84. The lowest BCUT2D eigenvalue weighted by Gasteiger charge is -2.07. The summed E-state index contributed by atoms with van der Waals surface area (Å²) in [6.07, 6.45) is 5.08. The van der Waals surface area contributed by atoms with Crippen molar-refractivity contribution in [2.75, 3.05) is 5.75 Å². The highest BCUT2D eigenvalue weighted by Gasteiger charge is 2.21. The number of pyridine rings is 1. The van der Waals surface area contributed by atoms with Crippen molar-refractivity contribution in [3.05, 3.63) is 17.8 Å². The summed E-state index contributed by atoms with van der Waals surface area (Å²) in [5.41, 5.74) is 2.68. The van der Waals surface area contributed by atoms with Gasteiger partial charge in [-0.2, -0.15) is 0 Å². The molecule has 0 bridgehead atoms. The van der Waals surface area contributed by atoms with Crippen molar-refractivity contribution in [1.29, 1.82) is 0 Å². The van der Waals surface area contributed by atoms with E-state index in [1.807, 2.05) is 19.1 Å². The molecule has 0 aliphatic heterocycles. The molecule has 0 unspecified atom stereocenters. The fourth-order valence-corrected chi connectivity index (χ4v) is 3.21. The molecule has 0 aromatic carbocycles. The molecular formula is C15H19N3O2S. The van der Waals surface area contributed by atoms with Crippen LogP contribution < -0.4 is 0 Å². The molecule has 0 spiro atoms. The molecule has 0 amide bonds. The van der Waals surface area contributed by atoms with Gasteiger partial charge in [0.05, 0.1) is 5.75 Å². The van der Waals surface area contributed by atoms with Gasteiger partial charge in [-0.15, -0.1) is 0 Å². The summed E-state index contributed by atoms with van der Waals surface area (Å²) in [4.78, 5) is 19.9. The Morgan fingerprint density at radius 3 is 2.95 bits per heavy atom. The lowest BCUT2D eigenvalue weighted by molar-refractivity contribution is -0.133. The van der Waals surface area contributed by atoms with Crippen molar-refractivity contribution >= 4 is 28.9 Å². The summed E-state index contributed by atoms with van der Waals surface area (Å²) in [6, 6.07) is 3.90. The molecule has 2 heterocycles. The largest absolute Gasteiger partial charge is 0.481 e. The van der Waals surface area contributed by atoms with Crippen LogP contribution in [0.2, 0.25) is 0 Å². The fourth-order valence-electron chi connectivity index (χ4n) is 2.46. The first-order chi connectivity index (χ1) is 10.1. The summed E-state index contributed by atoms with van der Waals surface area (Å²) in [5.74, 6) is 0.121. The SMILES string of the molecule is Cc1ccc2nc(SCC(=O)O)n(CCCC3CC3)c2n1. The van der Waals surface area contributed by atoms with E-state index < -0.39 is 5.97 Å². The molecule has 112 valence electrons. The van der Waals surface area contributed by atoms with Crippen LogP contribution in [0.3, 0.4) is 0 Å². The average molecular weight is 305 g/mol. The highest BCUT2D eigenvalue weighted by molar-refractivity contribution is 7.99. The Kier molecular flexibility index (Phi) is 4.14. The van der Waals surface area contributed by atoms with Gasteiger partial charge in [0.2, 0.25) is 0 Å². The Bertz CT molecular complexity index is 664. The standard InChI is InChI=1S/C15H19N3O2S/c1-10-4-7-12-14(16-10)18(8-2-3-11-5-6-11)15(17-12)21-9-13(19)20/h4,7,11H,2-3,5-6,8-9H2,1H3,(H,19,20). The molecule has 21 heavy (non-hydrogen) atoms. The van der Waals surface area contributed by atoms with E-state index in [1.54, 1.807) is 0 Å². The van der Waals surface area contributed by atoms with Gasteiger partial charge in [0.15, 0.2) is 10.8 Å². The summed E-state index contributed by atoms with van der Waals surface area (Å²) < 4.78 is 2.08. The van der Waals surface area contributed by atoms with E-state index in [0.29, 0.717) is 0 Å². The first kappa shape index (κ1) is 14.4. The van der Waals surface area contributed by atoms with E-state index in [2.05, 4.69) is 14.5 Å². The molecule has 5 nitrogen and oxygen atoms in total. The predicted molar refractivity (Wildman–Crippen MR) is 82.6 cm³/mol. The zero-order valence-corrected chi connectivity index (χ0v) is 12.9. The van der Waals surface area contributed by atoms with Crippen LogP contribution in [-0.4, -0.2) is 31.4 Å². The number of aromatic nitrogens is 3. The molecule has 2 aromatic rings. The maximum atomic E-state index is 10.8. The number of fused-ring (bicyclic) bond motifs is 1. The highest BCUT2D eigenvalue weighted by Crippen LogP contribution is 2.34. The number of hydrogen-bond donors (Lipinski definition) is 1. The molecule has 0 radical (unpaired) electrons. The zero-order chi connectivity index (χ0) is 14.8. The van der Waals surface area contributed by atoms with Gasteiger partial charge in [0.1, 0.15) is 5.52 Å². The molecule has 0 atom stereocenters. The van der Waals surface area contributed by atoms with Gasteiger partial charge in [0.25, 0.3) is 0 Å². The summed E-state index contributed by atoms with van der Waals surface area (Å²) >= 11 is 1.27. The molecule has 1 aliphatic carbocycles. The number of carbonyl (C=O) groups is 1. The Hall–Kier alpha value is -1.56. The van der Waals surface area contributed by atoms with Crippen LogP contribution >= 0.6 is 11.8 Å². The fraction of sp³-hybridized carbons (Fsp3) is 0.533. The molecule has 1 N–H and O–H groups in total. The topological polar surface area (TPSA) is 68.0 Å². The van der Waals surface area contributed by atoms with Gasteiger partial charge in [0, 0.05) is 12.2 Å². The molecule has 1 fully saturated rings.